The SMILES string of the molecule is C=C(C=O)C(O)(C#Cc1ccccc1)C(F)(F)F. The minimum Gasteiger partial charge on any atom is -0.366 e. The highest BCUT2D eigenvalue weighted by Crippen LogP contribution is 2.34. The number of benzene rings is 1. The molecule has 0 bridgehead atoms. The molecule has 5 heteroatoms. The van der Waals surface area contributed by atoms with Gasteiger partial charge in [-0.15, -0.1) is 0 Å². The number of carbonyl (C=O) groups is 1. The fraction of sp³-hybridized carbons (Fsp3) is 0.154. The molecule has 1 aromatic carbocycles. The summed E-state index contributed by atoms with van der Waals surface area (Å²) in [6.07, 6.45) is -5.25. The maximum absolute atomic E-state index is 12.7. The van der Waals surface area contributed by atoms with Gasteiger partial charge in [0.1, 0.15) is 6.29 Å². The summed E-state index contributed by atoms with van der Waals surface area (Å²) in [5.74, 6) is 3.82. The fourth-order valence-electron chi connectivity index (χ4n) is 1.10. The molecule has 0 aliphatic heterocycles. The molecule has 1 atom stereocenters. The number of alkyl halides is 3. The van der Waals surface area contributed by atoms with Crippen LogP contribution in [0.2, 0.25) is 0 Å². The van der Waals surface area contributed by atoms with E-state index in [4.69, 9.17) is 0 Å². The van der Waals surface area contributed by atoms with Crippen molar-refractivity contribution in [3.8, 4) is 11.8 Å². The third-order valence-corrected chi connectivity index (χ3v) is 2.18. The zero-order valence-electron chi connectivity index (χ0n) is 9.16. The third kappa shape index (κ3) is 2.79. The highest BCUT2D eigenvalue weighted by molar-refractivity contribution is 5.77. The molecule has 1 aromatic rings. The molecule has 1 rings (SSSR count). The smallest absolute Gasteiger partial charge is 0.366 e. The van der Waals surface area contributed by atoms with Crippen molar-refractivity contribution in [3.63, 3.8) is 0 Å². The lowest BCUT2D eigenvalue weighted by atomic mass is 9.95. The van der Waals surface area contributed by atoms with Crippen LogP contribution in [0, 0.1) is 11.8 Å². The van der Waals surface area contributed by atoms with Gasteiger partial charge in [-0.2, -0.15) is 13.2 Å². The first-order valence-corrected chi connectivity index (χ1v) is 4.83. The van der Waals surface area contributed by atoms with Gasteiger partial charge in [0, 0.05) is 11.1 Å². The minimum absolute atomic E-state index is 0.160. The lowest BCUT2D eigenvalue weighted by Crippen LogP contribution is -2.45. The molecule has 1 unspecified atom stereocenters. The van der Waals surface area contributed by atoms with Gasteiger partial charge in [0.15, 0.2) is 0 Å². The summed E-state index contributed by atoms with van der Waals surface area (Å²) < 4.78 is 38.0. The second kappa shape index (κ2) is 5.07. The summed E-state index contributed by atoms with van der Waals surface area (Å²) in [5.41, 5.74) is -4.28. The number of hydrogen-bond donors (Lipinski definition) is 1. The Morgan fingerprint density at radius 2 is 1.83 bits per heavy atom. The first-order chi connectivity index (χ1) is 8.31. The second-order valence-corrected chi connectivity index (χ2v) is 3.47. The maximum atomic E-state index is 12.7. The molecule has 0 aromatic heterocycles. The van der Waals surface area contributed by atoms with Gasteiger partial charge in [0.05, 0.1) is 0 Å². The zero-order chi connectivity index (χ0) is 13.8. The fourth-order valence-corrected chi connectivity index (χ4v) is 1.10. The summed E-state index contributed by atoms with van der Waals surface area (Å²) in [4.78, 5) is 10.4. The molecule has 0 saturated heterocycles. The monoisotopic (exact) mass is 254 g/mol. The molecule has 0 aliphatic carbocycles. The Bertz CT molecular complexity index is 509. The Labute approximate surface area is 102 Å². The Morgan fingerprint density at radius 1 is 1.28 bits per heavy atom. The van der Waals surface area contributed by atoms with Gasteiger partial charge >= 0.3 is 6.18 Å². The third-order valence-electron chi connectivity index (χ3n) is 2.18. The van der Waals surface area contributed by atoms with Crippen molar-refractivity contribution in [2.24, 2.45) is 0 Å². The molecule has 0 saturated carbocycles. The standard InChI is InChI=1S/C13H9F3O2/c1-10(9-17)12(18,13(14,15)16)8-7-11-5-3-2-4-6-11/h2-6,9,18H,1H2. The van der Waals surface area contributed by atoms with Crippen LogP contribution < -0.4 is 0 Å². The van der Waals surface area contributed by atoms with Gasteiger partial charge < -0.3 is 5.11 Å². The van der Waals surface area contributed by atoms with Gasteiger partial charge in [-0.05, 0) is 18.1 Å². The van der Waals surface area contributed by atoms with Crippen LogP contribution in [0.4, 0.5) is 13.2 Å². The number of rotatable bonds is 2. The average molecular weight is 254 g/mol. The number of halogens is 3. The van der Waals surface area contributed by atoms with Crippen molar-refractivity contribution in [2.75, 3.05) is 0 Å². The van der Waals surface area contributed by atoms with E-state index in [0.29, 0.717) is 5.56 Å². The van der Waals surface area contributed by atoms with E-state index in [9.17, 15) is 23.1 Å². The quantitative estimate of drug-likeness (QED) is 0.498. The summed E-state index contributed by atoms with van der Waals surface area (Å²) in [7, 11) is 0. The molecule has 0 radical (unpaired) electrons. The molecule has 2 nitrogen and oxygen atoms in total. The van der Waals surface area contributed by atoms with Gasteiger partial charge in [-0.3, -0.25) is 4.79 Å². The van der Waals surface area contributed by atoms with E-state index in [1.54, 1.807) is 24.1 Å². The Kier molecular flexibility index (Phi) is 3.94. The van der Waals surface area contributed by atoms with E-state index < -0.39 is 17.4 Å². The average Bonchev–Trinajstić information content (AvgIpc) is 2.34. The van der Waals surface area contributed by atoms with Gasteiger partial charge in [-0.1, -0.05) is 30.7 Å². The van der Waals surface area contributed by atoms with E-state index in [-0.39, 0.29) is 6.29 Å². The van der Waals surface area contributed by atoms with Gasteiger partial charge in [0.2, 0.25) is 0 Å². The second-order valence-electron chi connectivity index (χ2n) is 3.47. The maximum Gasteiger partial charge on any atom is 0.433 e. The van der Waals surface area contributed by atoms with Crippen molar-refractivity contribution in [1.29, 1.82) is 0 Å². The molecule has 0 amide bonds. The van der Waals surface area contributed by atoms with Crippen molar-refractivity contribution in [3.05, 3.63) is 48.0 Å². The van der Waals surface area contributed by atoms with Crippen molar-refractivity contribution < 1.29 is 23.1 Å². The molecule has 0 spiro atoms. The predicted octanol–water partition coefficient (Wildman–Crippen LogP) is 2.09. The molecule has 18 heavy (non-hydrogen) atoms. The number of aldehydes is 1. The van der Waals surface area contributed by atoms with Crippen LogP contribution in [0.25, 0.3) is 0 Å². The molecule has 0 fully saturated rings. The van der Waals surface area contributed by atoms with Gasteiger partial charge in [0.25, 0.3) is 5.60 Å². The number of aliphatic hydroxyl groups is 1. The first-order valence-electron chi connectivity index (χ1n) is 4.83. The van der Waals surface area contributed by atoms with E-state index in [0.717, 1.165) is 0 Å². The van der Waals surface area contributed by atoms with E-state index in [2.05, 4.69) is 12.5 Å². The van der Waals surface area contributed by atoms with E-state index >= 15 is 0 Å². The lowest BCUT2D eigenvalue weighted by Gasteiger charge is -2.24. The normalized spacial score (nSPS) is 14.0. The van der Waals surface area contributed by atoms with Crippen LogP contribution in [0.5, 0.6) is 0 Å². The predicted molar refractivity (Wildman–Crippen MR) is 59.5 cm³/mol. The summed E-state index contributed by atoms with van der Waals surface area (Å²) in [6, 6.07) is 7.81. The Morgan fingerprint density at radius 3 is 2.28 bits per heavy atom. The summed E-state index contributed by atoms with van der Waals surface area (Å²) in [5, 5.41) is 9.45. The summed E-state index contributed by atoms with van der Waals surface area (Å²) in [6.45, 7) is 2.88. The van der Waals surface area contributed by atoms with Crippen molar-refractivity contribution >= 4 is 6.29 Å². The van der Waals surface area contributed by atoms with Crippen LogP contribution in [0.1, 0.15) is 5.56 Å². The summed E-state index contributed by atoms with van der Waals surface area (Å²) >= 11 is 0. The van der Waals surface area contributed by atoms with Crippen LogP contribution in [-0.2, 0) is 4.79 Å². The molecular weight excluding hydrogens is 245 g/mol. The minimum atomic E-state index is -5.09. The molecule has 1 N–H and O–H groups in total. The van der Waals surface area contributed by atoms with Crippen molar-refractivity contribution in [1.82, 2.24) is 0 Å². The topological polar surface area (TPSA) is 37.3 Å². The Hall–Kier alpha value is -2.06. The van der Waals surface area contributed by atoms with Crippen LogP contribution in [-0.4, -0.2) is 23.2 Å². The number of carbonyl (C=O) groups excluding carboxylic acids is 1. The van der Waals surface area contributed by atoms with Crippen molar-refractivity contribution in [2.45, 2.75) is 11.8 Å². The Balaban J connectivity index is 3.20. The van der Waals surface area contributed by atoms with Gasteiger partial charge in [-0.25, -0.2) is 0 Å². The molecule has 0 heterocycles. The number of hydrogen-bond acceptors (Lipinski definition) is 2. The van der Waals surface area contributed by atoms with E-state index in [1.165, 1.54) is 12.1 Å². The highest BCUT2D eigenvalue weighted by atomic mass is 19.4. The largest absolute Gasteiger partial charge is 0.433 e. The van der Waals surface area contributed by atoms with Crippen LogP contribution in [0.15, 0.2) is 42.5 Å². The molecule has 0 aliphatic rings. The van der Waals surface area contributed by atoms with Crippen LogP contribution in [0.3, 0.4) is 0 Å². The van der Waals surface area contributed by atoms with Crippen LogP contribution >= 0.6 is 0 Å². The highest BCUT2D eigenvalue weighted by Gasteiger charge is 2.55. The molecule has 94 valence electrons. The molecular formula is C13H9F3O2. The zero-order valence-corrected chi connectivity index (χ0v) is 9.16. The first kappa shape index (κ1) is 14.0. The lowest BCUT2D eigenvalue weighted by molar-refractivity contribution is -0.220. The van der Waals surface area contributed by atoms with E-state index in [1.807, 2.05) is 0 Å².